The molecule has 4 amide bonds. The predicted octanol–water partition coefficient (Wildman–Crippen LogP) is 2.82. The van der Waals surface area contributed by atoms with Crippen LogP contribution in [0.4, 0.5) is 0 Å². The Labute approximate surface area is 457 Å². The fraction of sp³-hybridized carbons (Fsp3) is 0.537. The van der Waals surface area contributed by atoms with Crippen LogP contribution in [0.2, 0.25) is 0 Å². The number of nitrogens with one attached hydrogen (secondary N) is 4. The molecule has 0 saturated heterocycles. The molecule has 7 heterocycles. The largest absolute Gasteiger partial charge is 0.458 e. The minimum Gasteiger partial charge on any atom is -0.458 e. The van der Waals surface area contributed by atoms with Crippen molar-refractivity contribution in [3.63, 3.8) is 0 Å². The molecular weight excluding hydrogens is 1040 g/mol. The first-order chi connectivity index (χ1) is 37.8. The second kappa shape index (κ2) is 25.2. The average Bonchev–Trinajstić information content (AvgIpc) is 4.42. The number of esters is 1. The highest BCUT2D eigenvalue weighted by molar-refractivity contribution is 7.90. The van der Waals surface area contributed by atoms with E-state index in [0.717, 1.165) is 48.8 Å². The molecule has 3 atom stereocenters. The van der Waals surface area contributed by atoms with E-state index in [-0.39, 0.29) is 79.5 Å². The van der Waals surface area contributed by atoms with Gasteiger partial charge in [-0.1, -0.05) is 46.3 Å². The van der Waals surface area contributed by atoms with Gasteiger partial charge in [-0.2, -0.15) is 0 Å². The number of hydrogen-bond acceptors (Lipinski definition) is 18. The molecule has 0 saturated carbocycles. The summed E-state index contributed by atoms with van der Waals surface area (Å²) in [7, 11) is -3.54. The third-order valence-electron chi connectivity index (χ3n) is 14.7. The monoisotopic (exact) mass is 1110 g/mol. The van der Waals surface area contributed by atoms with Gasteiger partial charge in [0.05, 0.1) is 41.8 Å². The molecule has 0 bridgehead atoms. The molecule has 24 nitrogen and oxygen atoms in total. The lowest BCUT2D eigenvalue weighted by Gasteiger charge is -2.31. The summed E-state index contributed by atoms with van der Waals surface area (Å²) in [5.74, 6) is -1.83. The fourth-order valence-electron chi connectivity index (χ4n) is 10.1. The summed E-state index contributed by atoms with van der Waals surface area (Å²) in [6.07, 6.45) is 10.2. The smallest absolute Gasteiger partial charge is 0.343 e. The van der Waals surface area contributed by atoms with Crippen molar-refractivity contribution in [3.8, 4) is 34.1 Å². The molecule has 424 valence electrons. The van der Waals surface area contributed by atoms with Gasteiger partial charge in [-0.3, -0.25) is 28.7 Å². The van der Waals surface area contributed by atoms with Crippen molar-refractivity contribution in [3.05, 3.63) is 69.4 Å². The van der Waals surface area contributed by atoms with E-state index < -0.39 is 51.2 Å². The van der Waals surface area contributed by atoms with Crippen LogP contribution in [0, 0.1) is 5.92 Å². The van der Waals surface area contributed by atoms with Crippen LogP contribution in [-0.2, 0) is 70.3 Å². The van der Waals surface area contributed by atoms with Crippen molar-refractivity contribution in [1.29, 1.82) is 0 Å². The van der Waals surface area contributed by atoms with Gasteiger partial charge in [0, 0.05) is 66.3 Å². The molecule has 3 aliphatic rings. The maximum absolute atomic E-state index is 14.0. The Morgan fingerprint density at radius 2 is 1.62 bits per heavy atom. The number of ether oxygens (including phenoxy) is 3. The number of hydrogen-bond donors (Lipinski definition) is 5. The van der Waals surface area contributed by atoms with Gasteiger partial charge in [0.25, 0.3) is 5.56 Å². The molecule has 0 aliphatic carbocycles. The number of pyridine rings is 2. The van der Waals surface area contributed by atoms with Crippen LogP contribution in [0.15, 0.2) is 46.7 Å². The van der Waals surface area contributed by atoms with E-state index in [2.05, 4.69) is 60.3 Å². The highest BCUT2D eigenvalue weighted by atomic mass is 32.2. The van der Waals surface area contributed by atoms with Crippen LogP contribution in [-0.4, -0.2) is 140 Å². The number of benzene rings is 1. The van der Waals surface area contributed by atoms with Crippen LogP contribution in [0.3, 0.4) is 0 Å². The van der Waals surface area contributed by atoms with E-state index in [1.165, 1.54) is 12.4 Å². The zero-order valence-electron chi connectivity index (χ0n) is 45.6. The SMILES string of the molecule is CCN(CC)CCCC[C@H](NC(=O)[C@@H](NC(=O)CCCCCn1cc(-c2cnc(S(C)(=O)=O)nc2)nn1)C(C)C)C(=O)NCC(=O)NCCCc1c2c(nc3cc4c(cc13)OCO4)-c1cc3c(c(=O)n1C2)COC(=O)[C@]3(O)CC. The third kappa shape index (κ3) is 13.2. The maximum atomic E-state index is 14.0. The summed E-state index contributed by atoms with van der Waals surface area (Å²) in [5.41, 5.74) is 2.31. The van der Waals surface area contributed by atoms with Gasteiger partial charge in [0.1, 0.15) is 24.4 Å². The molecule has 25 heteroatoms. The van der Waals surface area contributed by atoms with Gasteiger partial charge >= 0.3 is 5.97 Å². The highest BCUT2D eigenvalue weighted by Gasteiger charge is 2.45. The number of unbranched alkanes of at least 4 members (excludes halogenated alkanes) is 3. The van der Waals surface area contributed by atoms with Crippen LogP contribution in [0.1, 0.15) is 115 Å². The summed E-state index contributed by atoms with van der Waals surface area (Å²) in [4.78, 5) is 96.1. The molecule has 0 fully saturated rings. The average molecular weight is 1110 g/mol. The number of nitrogens with zero attached hydrogens (tertiary/aromatic N) is 8. The lowest BCUT2D eigenvalue weighted by Crippen LogP contribution is -2.56. The first-order valence-electron chi connectivity index (χ1n) is 27.0. The van der Waals surface area contributed by atoms with Crippen LogP contribution < -0.4 is 36.3 Å². The first-order valence-corrected chi connectivity index (χ1v) is 28.9. The van der Waals surface area contributed by atoms with Crippen molar-refractivity contribution in [2.45, 2.75) is 141 Å². The van der Waals surface area contributed by atoms with Crippen molar-refractivity contribution in [2.75, 3.05) is 45.8 Å². The van der Waals surface area contributed by atoms with Gasteiger partial charge in [-0.05, 0) is 94.6 Å². The van der Waals surface area contributed by atoms with Crippen LogP contribution >= 0.6 is 0 Å². The Morgan fingerprint density at radius 1 is 0.873 bits per heavy atom. The maximum Gasteiger partial charge on any atom is 0.343 e. The quantitative estimate of drug-likeness (QED) is 0.0281. The number of aliphatic hydroxyl groups is 1. The van der Waals surface area contributed by atoms with E-state index in [9.17, 15) is 42.3 Å². The summed E-state index contributed by atoms with van der Waals surface area (Å²) in [6, 6.07) is 3.40. The van der Waals surface area contributed by atoms with Crippen molar-refractivity contribution in [2.24, 2.45) is 5.92 Å². The van der Waals surface area contributed by atoms with Gasteiger partial charge in [-0.25, -0.2) is 28.2 Å². The second-order valence-corrected chi connectivity index (χ2v) is 22.4. The Morgan fingerprint density at radius 3 is 2.33 bits per heavy atom. The molecule has 5 N–H and O–H groups in total. The Kier molecular flexibility index (Phi) is 18.4. The number of rotatable bonds is 27. The zero-order chi connectivity index (χ0) is 56.6. The summed E-state index contributed by atoms with van der Waals surface area (Å²) >= 11 is 0. The lowest BCUT2D eigenvalue weighted by molar-refractivity contribution is -0.172. The second-order valence-electron chi connectivity index (χ2n) is 20.5. The molecule has 0 unspecified atom stereocenters. The number of carbonyl (C=O) groups is 5. The minimum atomic E-state index is -3.54. The Hall–Kier alpha value is -7.38. The summed E-state index contributed by atoms with van der Waals surface area (Å²) in [5, 5.41) is 31.5. The standard InChI is InChI=1S/C54H70N12O12S/c1-7-54(73)38-23-42-48-36(28-66(42)51(71)37(38)30-76-52(54)72)34(35-22-43-44(78-31-77-43)24-40(35)59-48)16-15-19-55-46(68)27-56-49(69)39(17-12-14-20-64(8-2)9-3)60-50(70)47(32(4)5)61-45(67)18-11-10-13-21-65-29-41(62-63-65)33-25-57-53(58-26-33)79(6,74)75/h22-26,29,32,39,47,73H,7-21,27-28,30-31H2,1-6H3,(H,55,68)(H,56,69)(H,60,70)(H,61,67)/t39-,47-,54-/m0/s1. The number of cyclic esters (lactones) is 1. The fourth-order valence-corrected chi connectivity index (χ4v) is 10.6. The van der Waals surface area contributed by atoms with Crippen LogP contribution in [0.5, 0.6) is 11.5 Å². The number of sulfone groups is 1. The number of aromatic nitrogens is 7. The molecular formula is C54H70N12O12S. The molecule has 0 spiro atoms. The third-order valence-corrected chi connectivity index (χ3v) is 15.6. The highest BCUT2D eigenvalue weighted by Crippen LogP contribution is 2.43. The van der Waals surface area contributed by atoms with Gasteiger partial charge in [0.15, 0.2) is 17.1 Å². The van der Waals surface area contributed by atoms with Gasteiger partial charge in [-0.15, -0.1) is 5.10 Å². The molecule has 5 aromatic rings. The van der Waals surface area contributed by atoms with Gasteiger partial charge in [0.2, 0.25) is 45.4 Å². The first kappa shape index (κ1) is 57.8. The molecule has 4 aromatic heterocycles. The van der Waals surface area contributed by atoms with E-state index in [1.54, 1.807) is 34.5 Å². The molecule has 3 aliphatic heterocycles. The van der Waals surface area contributed by atoms with E-state index in [4.69, 9.17) is 19.2 Å². The van der Waals surface area contributed by atoms with Crippen molar-refractivity contribution < 1.29 is 51.7 Å². The topological polar surface area (TPSA) is 310 Å². The predicted molar refractivity (Wildman–Crippen MR) is 288 cm³/mol. The van der Waals surface area contributed by atoms with Crippen LogP contribution in [0.25, 0.3) is 33.5 Å². The summed E-state index contributed by atoms with van der Waals surface area (Å²) in [6.45, 7) is 12.4. The van der Waals surface area contributed by atoms with E-state index >= 15 is 0 Å². The molecule has 8 rings (SSSR count). The number of amides is 4. The van der Waals surface area contributed by atoms with E-state index in [0.29, 0.717) is 91.2 Å². The Bertz CT molecular complexity index is 3270. The van der Waals surface area contributed by atoms with E-state index in [1.807, 2.05) is 19.9 Å². The lowest BCUT2D eigenvalue weighted by atomic mass is 9.86. The zero-order valence-corrected chi connectivity index (χ0v) is 46.4. The number of fused-ring (bicyclic) bond motifs is 6. The number of carbonyl (C=O) groups excluding carboxylic acids is 5. The molecule has 79 heavy (non-hydrogen) atoms. The minimum absolute atomic E-state index is 0.00830. The Balaban J connectivity index is 0.848. The normalized spacial score (nSPS) is 16.0. The van der Waals surface area contributed by atoms with Crippen molar-refractivity contribution >= 4 is 50.3 Å². The summed E-state index contributed by atoms with van der Waals surface area (Å²) < 4.78 is 43.3. The molecule has 1 aromatic carbocycles. The molecule has 0 radical (unpaired) electrons. The van der Waals surface area contributed by atoms with Gasteiger partial charge < -0.3 is 50.1 Å². The van der Waals surface area contributed by atoms with Crippen molar-refractivity contribution in [1.82, 2.24) is 60.7 Å². The number of aryl methyl sites for hydroxylation is 2.